The van der Waals surface area contributed by atoms with Crippen LogP contribution in [0.1, 0.15) is 19.3 Å². The zero-order valence-electron chi connectivity index (χ0n) is 7.23. The predicted molar refractivity (Wildman–Crippen MR) is 40.6 cm³/mol. The molecule has 0 aliphatic carbocycles. The molecule has 0 aromatic rings. The van der Waals surface area contributed by atoms with Crippen LogP contribution >= 0.6 is 0 Å². The molecule has 0 aliphatic heterocycles. The SMILES string of the molecule is O=C(O)CCNC(=O)CCC(F)(F)F. The summed E-state index contributed by atoms with van der Waals surface area (Å²) in [5.74, 6) is -1.90. The maximum absolute atomic E-state index is 11.6. The number of halogens is 3. The second kappa shape index (κ2) is 5.46. The molecular weight excluding hydrogens is 203 g/mol. The van der Waals surface area contributed by atoms with Crippen molar-refractivity contribution < 1.29 is 27.9 Å². The van der Waals surface area contributed by atoms with Crippen molar-refractivity contribution in [1.29, 1.82) is 0 Å². The van der Waals surface area contributed by atoms with Crippen LogP contribution in [0.3, 0.4) is 0 Å². The average molecular weight is 213 g/mol. The summed E-state index contributed by atoms with van der Waals surface area (Å²) in [5, 5.41) is 10.2. The van der Waals surface area contributed by atoms with Gasteiger partial charge in [0.15, 0.2) is 0 Å². The van der Waals surface area contributed by atoms with E-state index in [0.29, 0.717) is 0 Å². The van der Waals surface area contributed by atoms with Crippen LogP contribution in [0.2, 0.25) is 0 Å². The van der Waals surface area contributed by atoms with Crippen LogP contribution in [0, 0.1) is 0 Å². The molecule has 0 saturated heterocycles. The number of alkyl halides is 3. The van der Waals surface area contributed by atoms with Gasteiger partial charge in [0.2, 0.25) is 5.91 Å². The normalized spacial score (nSPS) is 11.1. The van der Waals surface area contributed by atoms with Gasteiger partial charge in [-0.25, -0.2) is 0 Å². The highest BCUT2D eigenvalue weighted by atomic mass is 19.4. The molecule has 7 heteroatoms. The Morgan fingerprint density at radius 2 is 1.79 bits per heavy atom. The molecule has 0 unspecified atom stereocenters. The van der Waals surface area contributed by atoms with E-state index in [1.165, 1.54) is 0 Å². The topological polar surface area (TPSA) is 66.4 Å². The Hall–Kier alpha value is -1.27. The summed E-state index contributed by atoms with van der Waals surface area (Å²) in [6.07, 6.45) is -6.50. The molecule has 0 radical (unpaired) electrons. The third-order valence-corrected chi connectivity index (χ3v) is 1.30. The molecule has 0 bridgehead atoms. The molecule has 0 saturated carbocycles. The second-order valence-corrected chi connectivity index (χ2v) is 2.61. The van der Waals surface area contributed by atoms with Gasteiger partial charge < -0.3 is 10.4 Å². The Kier molecular flexibility index (Phi) is 4.96. The fraction of sp³-hybridized carbons (Fsp3) is 0.714. The van der Waals surface area contributed by atoms with Gasteiger partial charge in [0, 0.05) is 13.0 Å². The van der Waals surface area contributed by atoms with Crippen LogP contribution in [-0.4, -0.2) is 29.7 Å². The second-order valence-electron chi connectivity index (χ2n) is 2.61. The molecule has 0 fully saturated rings. The summed E-state index contributed by atoms with van der Waals surface area (Å²) in [6, 6.07) is 0. The maximum Gasteiger partial charge on any atom is 0.389 e. The number of rotatable bonds is 5. The minimum atomic E-state index is -4.36. The van der Waals surface area contributed by atoms with Crippen molar-refractivity contribution in [3.8, 4) is 0 Å². The number of carboxylic acid groups (broad SMARTS) is 1. The highest BCUT2D eigenvalue weighted by Gasteiger charge is 2.27. The summed E-state index contributed by atoms with van der Waals surface area (Å²) in [5.41, 5.74) is 0. The van der Waals surface area contributed by atoms with Gasteiger partial charge in [0.1, 0.15) is 0 Å². The Balaban J connectivity index is 3.52. The Morgan fingerprint density at radius 1 is 1.21 bits per heavy atom. The average Bonchev–Trinajstić information content (AvgIpc) is 1.99. The van der Waals surface area contributed by atoms with E-state index in [9.17, 15) is 22.8 Å². The minimum Gasteiger partial charge on any atom is -0.481 e. The van der Waals surface area contributed by atoms with Crippen molar-refractivity contribution in [3.05, 3.63) is 0 Å². The van der Waals surface area contributed by atoms with Crippen molar-refractivity contribution in [1.82, 2.24) is 5.32 Å². The number of amides is 1. The van der Waals surface area contributed by atoms with E-state index < -0.39 is 30.9 Å². The molecule has 0 heterocycles. The molecule has 4 nitrogen and oxygen atoms in total. The summed E-state index contributed by atoms with van der Waals surface area (Å²) in [6.45, 7) is -0.147. The van der Waals surface area contributed by atoms with Crippen LogP contribution in [0.5, 0.6) is 0 Å². The molecule has 82 valence electrons. The van der Waals surface area contributed by atoms with Crippen molar-refractivity contribution in [3.63, 3.8) is 0 Å². The van der Waals surface area contributed by atoms with E-state index in [-0.39, 0.29) is 13.0 Å². The van der Waals surface area contributed by atoms with Gasteiger partial charge in [-0.1, -0.05) is 0 Å². The molecule has 2 N–H and O–H groups in total. The maximum atomic E-state index is 11.6. The Morgan fingerprint density at radius 3 is 2.21 bits per heavy atom. The molecule has 0 spiro atoms. The molecule has 0 atom stereocenters. The summed E-state index contributed by atoms with van der Waals surface area (Å²) >= 11 is 0. The summed E-state index contributed by atoms with van der Waals surface area (Å²) < 4.78 is 34.8. The molecule has 14 heavy (non-hydrogen) atoms. The fourth-order valence-electron chi connectivity index (χ4n) is 0.653. The van der Waals surface area contributed by atoms with E-state index in [4.69, 9.17) is 5.11 Å². The molecule has 0 rings (SSSR count). The number of carboxylic acids is 1. The van der Waals surface area contributed by atoms with Gasteiger partial charge in [-0.05, 0) is 0 Å². The number of aliphatic carboxylic acids is 1. The molecule has 0 aromatic carbocycles. The number of carbonyl (C=O) groups is 2. The van der Waals surface area contributed by atoms with Crippen LogP contribution in [0.4, 0.5) is 13.2 Å². The summed E-state index contributed by atoms with van der Waals surface area (Å²) in [7, 11) is 0. The standard InChI is InChI=1S/C7H10F3NO3/c8-7(9,10)3-1-5(12)11-4-2-6(13)14/h1-4H2,(H,11,12)(H,13,14). The zero-order chi connectivity index (χ0) is 11.2. The van der Waals surface area contributed by atoms with Gasteiger partial charge >= 0.3 is 12.1 Å². The van der Waals surface area contributed by atoms with E-state index in [2.05, 4.69) is 5.32 Å². The lowest BCUT2D eigenvalue weighted by molar-refractivity contribution is -0.144. The van der Waals surface area contributed by atoms with Gasteiger partial charge in [-0.15, -0.1) is 0 Å². The highest BCUT2D eigenvalue weighted by Crippen LogP contribution is 2.20. The van der Waals surface area contributed by atoms with Crippen molar-refractivity contribution in [2.75, 3.05) is 6.54 Å². The van der Waals surface area contributed by atoms with Crippen LogP contribution < -0.4 is 5.32 Å². The number of carbonyl (C=O) groups excluding carboxylic acids is 1. The minimum absolute atomic E-state index is 0.147. The largest absolute Gasteiger partial charge is 0.481 e. The first-order valence-corrected chi connectivity index (χ1v) is 3.86. The molecular formula is C7H10F3NO3. The monoisotopic (exact) mass is 213 g/mol. The van der Waals surface area contributed by atoms with Gasteiger partial charge in [-0.3, -0.25) is 9.59 Å². The van der Waals surface area contributed by atoms with Gasteiger partial charge in [0.25, 0.3) is 0 Å². The smallest absolute Gasteiger partial charge is 0.389 e. The highest BCUT2D eigenvalue weighted by molar-refractivity contribution is 5.76. The Labute approximate surface area is 78.1 Å². The lowest BCUT2D eigenvalue weighted by Gasteiger charge is -2.06. The fourth-order valence-corrected chi connectivity index (χ4v) is 0.653. The third-order valence-electron chi connectivity index (χ3n) is 1.30. The lowest BCUT2D eigenvalue weighted by atomic mass is 10.3. The zero-order valence-corrected chi connectivity index (χ0v) is 7.23. The first kappa shape index (κ1) is 12.7. The van der Waals surface area contributed by atoms with Crippen molar-refractivity contribution in [2.24, 2.45) is 0 Å². The predicted octanol–water partition coefficient (Wildman–Crippen LogP) is 0.920. The van der Waals surface area contributed by atoms with Crippen LogP contribution in [0.15, 0.2) is 0 Å². The Bertz CT molecular complexity index is 215. The van der Waals surface area contributed by atoms with Gasteiger partial charge in [-0.2, -0.15) is 13.2 Å². The quantitative estimate of drug-likeness (QED) is 0.713. The first-order chi connectivity index (χ1) is 6.31. The number of hydrogen-bond acceptors (Lipinski definition) is 2. The van der Waals surface area contributed by atoms with E-state index in [1.54, 1.807) is 0 Å². The van der Waals surface area contributed by atoms with Crippen molar-refractivity contribution >= 4 is 11.9 Å². The van der Waals surface area contributed by atoms with Crippen molar-refractivity contribution in [2.45, 2.75) is 25.4 Å². The molecule has 1 amide bonds. The first-order valence-electron chi connectivity index (χ1n) is 3.86. The number of hydrogen-bond donors (Lipinski definition) is 2. The molecule has 0 aliphatic rings. The van der Waals surface area contributed by atoms with Gasteiger partial charge in [0.05, 0.1) is 12.8 Å². The van der Waals surface area contributed by atoms with E-state index in [1.807, 2.05) is 0 Å². The van der Waals surface area contributed by atoms with Crippen LogP contribution in [-0.2, 0) is 9.59 Å². The van der Waals surface area contributed by atoms with E-state index >= 15 is 0 Å². The third kappa shape index (κ3) is 8.82. The van der Waals surface area contributed by atoms with E-state index in [0.717, 1.165) is 0 Å². The summed E-state index contributed by atoms with van der Waals surface area (Å²) in [4.78, 5) is 20.6. The molecule has 0 aromatic heterocycles. The lowest BCUT2D eigenvalue weighted by Crippen LogP contribution is -2.27. The number of nitrogens with one attached hydrogen (secondary N) is 1. The van der Waals surface area contributed by atoms with Crippen LogP contribution in [0.25, 0.3) is 0 Å².